The monoisotopic (exact) mass is 489 g/mol. The van der Waals surface area contributed by atoms with Crippen LogP contribution < -0.4 is 15.6 Å². The van der Waals surface area contributed by atoms with Crippen LogP contribution in [0, 0.1) is 0 Å². The van der Waals surface area contributed by atoms with Gasteiger partial charge in [-0.25, -0.2) is 0 Å². The fourth-order valence-electron chi connectivity index (χ4n) is 5.69. The predicted molar refractivity (Wildman–Crippen MR) is 138 cm³/mol. The summed E-state index contributed by atoms with van der Waals surface area (Å²) < 4.78 is 7.65. The molecule has 1 N–H and O–H groups in total. The summed E-state index contributed by atoms with van der Waals surface area (Å²) in [5.41, 5.74) is 2.97. The van der Waals surface area contributed by atoms with Crippen LogP contribution in [0.5, 0.6) is 5.75 Å². The van der Waals surface area contributed by atoms with Gasteiger partial charge in [0.2, 0.25) is 12.3 Å². The van der Waals surface area contributed by atoms with Crippen molar-refractivity contribution in [2.24, 2.45) is 0 Å². The van der Waals surface area contributed by atoms with Crippen molar-refractivity contribution in [1.29, 1.82) is 0 Å². The number of carbonyl (C=O) groups excluding carboxylic acids is 2. The van der Waals surface area contributed by atoms with Gasteiger partial charge in [-0.2, -0.15) is 0 Å². The maximum atomic E-state index is 12.6. The van der Waals surface area contributed by atoms with Gasteiger partial charge in [-0.05, 0) is 80.7 Å². The number of nitrogens with one attached hydrogen (secondary N) is 1. The predicted octanol–water partition coefficient (Wildman–Crippen LogP) is 4.08. The number of rotatable bonds is 10. The number of hydrogen-bond acceptors (Lipinski definition) is 4. The maximum absolute atomic E-state index is 12.6. The molecule has 0 radical (unpaired) electrons. The third kappa shape index (κ3) is 5.25. The zero-order valence-corrected chi connectivity index (χ0v) is 20.8. The fourth-order valence-corrected chi connectivity index (χ4v) is 5.69. The third-order valence-corrected chi connectivity index (χ3v) is 8.04. The normalized spacial score (nSPS) is 22.5. The number of aromatic nitrogens is 1. The first kappa shape index (κ1) is 24.3. The highest BCUT2D eigenvalue weighted by molar-refractivity contribution is 5.86. The number of allylic oxidation sites excluding steroid dienone is 1. The maximum Gasteiger partial charge on any atom is 0.250 e. The van der Waals surface area contributed by atoms with Crippen LogP contribution in [0.4, 0.5) is 0 Å². The lowest BCUT2D eigenvalue weighted by atomic mass is 9.90. The Morgan fingerprint density at radius 2 is 1.89 bits per heavy atom. The molecule has 190 valence electrons. The van der Waals surface area contributed by atoms with Crippen molar-refractivity contribution in [2.75, 3.05) is 13.2 Å². The number of likely N-dealkylation sites (tertiary alicyclic amines) is 1. The lowest BCUT2D eigenvalue weighted by molar-refractivity contribution is -0.123. The van der Waals surface area contributed by atoms with Gasteiger partial charge < -0.3 is 19.5 Å². The summed E-state index contributed by atoms with van der Waals surface area (Å²) in [5.74, 6) is 0.967. The zero-order chi connectivity index (χ0) is 25.1. The Hall–Kier alpha value is -3.35. The smallest absolute Gasteiger partial charge is 0.250 e. The van der Waals surface area contributed by atoms with Crippen LogP contribution in [0.25, 0.3) is 0 Å². The number of aryl methyl sites for hydroxylation is 1. The molecule has 3 fully saturated rings. The molecule has 1 aromatic carbocycles. The molecule has 2 amide bonds. The molecule has 3 aliphatic rings. The van der Waals surface area contributed by atoms with E-state index in [1.165, 1.54) is 0 Å². The van der Waals surface area contributed by atoms with Crippen molar-refractivity contribution in [3.63, 3.8) is 0 Å². The van der Waals surface area contributed by atoms with E-state index in [1.807, 2.05) is 35.4 Å². The minimum absolute atomic E-state index is 0.0170. The third-order valence-electron chi connectivity index (χ3n) is 8.04. The van der Waals surface area contributed by atoms with Gasteiger partial charge in [0.05, 0.1) is 12.5 Å². The van der Waals surface area contributed by atoms with Crippen molar-refractivity contribution < 1.29 is 14.3 Å². The minimum Gasteiger partial charge on any atom is -0.494 e. The molecule has 2 saturated heterocycles. The number of amides is 2. The average Bonchev–Trinajstić information content (AvgIpc) is 3.55. The topological polar surface area (TPSA) is 80.6 Å². The van der Waals surface area contributed by atoms with Crippen LogP contribution in [0.3, 0.4) is 0 Å². The second kappa shape index (κ2) is 10.3. The van der Waals surface area contributed by atoms with Gasteiger partial charge in [-0.3, -0.25) is 14.4 Å². The lowest BCUT2D eigenvalue weighted by Crippen LogP contribution is -2.33. The van der Waals surface area contributed by atoms with Crippen LogP contribution in [-0.2, 0) is 16.1 Å². The molecule has 5 rings (SSSR count). The molecule has 1 saturated carbocycles. The molecule has 1 aliphatic carbocycles. The number of benzene rings is 1. The van der Waals surface area contributed by atoms with Gasteiger partial charge in [-0.15, -0.1) is 0 Å². The second-order valence-electron chi connectivity index (χ2n) is 10.5. The van der Waals surface area contributed by atoms with E-state index in [2.05, 4.69) is 18.0 Å². The number of nitrogens with zero attached hydrogens (tertiary/aromatic N) is 2. The van der Waals surface area contributed by atoms with Crippen LogP contribution in [0.1, 0.15) is 74.3 Å². The first-order chi connectivity index (χ1) is 17.5. The van der Waals surface area contributed by atoms with E-state index in [1.54, 1.807) is 10.6 Å². The highest BCUT2D eigenvalue weighted by Crippen LogP contribution is 2.53. The van der Waals surface area contributed by atoms with Crippen molar-refractivity contribution >= 4 is 12.3 Å². The van der Waals surface area contributed by atoms with E-state index in [9.17, 15) is 14.4 Å². The van der Waals surface area contributed by atoms with E-state index >= 15 is 0 Å². The number of piperidine rings is 1. The van der Waals surface area contributed by atoms with Crippen LogP contribution in [0.15, 0.2) is 59.7 Å². The molecule has 7 heteroatoms. The van der Waals surface area contributed by atoms with Crippen LogP contribution in [0.2, 0.25) is 0 Å². The number of hydrogen-bond donors (Lipinski definition) is 1. The molecule has 2 aromatic rings. The molecule has 1 spiro atoms. The Bertz CT molecular complexity index is 1180. The first-order valence-corrected chi connectivity index (χ1v) is 13.1. The first-order valence-electron chi connectivity index (χ1n) is 13.1. The van der Waals surface area contributed by atoms with Crippen LogP contribution in [-0.4, -0.2) is 40.5 Å². The summed E-state index contributed by atoms with van der Waals surface area (Å²) in [5, 5.41) is 2.84. The molecule has 0 bridgehead atoms. The molecule has 36 heavy (non-hydrogen) atoms. The minimum atomic E-state index is -0.124. The lowest BCUT2D eigenvalue weighted by Gasteiger charge is -2.23. The van der Waals surface area contributed by atoms with E-state index in [4.69, 9.17) is 4.74 Å². The Morgan fingerprint density at radius 3 is 2.56 bits per heavy atom. The molecular formula is C29H35N3O4. The Kier molecular flexibility index (Phi) is 6.99. The summed E-state index contributed by atoms with van der Waals surface area (Å²) in [6.07, 6.45) is 10.4. The van der Waals surface area contributed by atoms with Crippen LogP contribution >= 0.6 is 0 Å². The highest BCUT2D eigenvalue weighted by Gasteiger charge is 2.53. The Balaban J connectivity index is 1.02. The fraction of sp³-hybridized carbons (Fsp3) is 0.483. The Labute approximate surface area is 212 Å². The van der Waals surface area contributed by atoms with Crippen molar-refractivity contribution in [1.82, 2.24) is 14.8 Å². The summed E-state index contributed by atoms with van der Waals surface area (Å²) in [7, 11) is 0. The molecule has 1 aromatic heterocycles. The number of ether oxygens (including phenoxy) is 1. The summed E-state index contributed by atoms with van der Waals surface area (Å²) in [6.45, 7) is 5.87. The van der Waals surface area contributed by atoms with Gasteiger partial charge in [0.1, 0.15) is 5.75 Å². The van der Waals surface area contributed by atoms with E-state index in [-0.39, 0.29) is 28.8 Å². The van der Waals surface area contributed by atoms with Gasteiger partial charge >= 0.3 is 0 Å². The molecule has 2 aliphatic heterocycles. The number of unbranched alkanes of at least 4 members (excludes halogenated alkanes) is 2. The quantitative estimate of drug-likeness (QED) is 0.403. The average molecular weight is 490 g/mol. The van der Waals surface area contributed by atoms with E-state index in [0.29, 0.717) is 13.2 Å². The molecular weight excluding hydrogens is 454 g/mol. The highest BCUT2D eigenvalue weighted by atomic mass is 16.5. The summed E-state index contributed by atoms with van der Waals surface area (Å²) in [6, 6.07) is 11.6. The van der Waals surface area contributed by atoms with Gasteiger partial charge in [0.15, 0.2) is 0 Å². The van der Waals surface area contributed by atoms with E-state index < -0.39 is 0 Å². The molecule has 3 heterocycles. The Morgan fingerprint density at radius 1 is 1.08 bits per heavy atom. The summed E-state index contributed by atoms with van der Waals surface area (Å²) in [4.78, 5) is 38.1. The van der Waals surface area contributed by atoms with Gasteiger partial charge in [0.25, 0.3) is 5.56 Å². The SMILES string of the molecule is C=C1CCC(c2ccc(OCCCCCn3ccc(C4CN(C=O)C5(CC5)C4)cc3=O)cc2)C(=O)N1. The molecule has 7 nitrogen and oxygen atoms in total. The van der Waals surface area contributed by atoms with Crippen molar-refractivity contribution in [2.45, 2.75) is 75.3 Å². The largest absolute Gasteiger partial charge is 0.494 e. The zero-order valence-electron chi connectivity index (χ0n) is 20.8. The van der Waals surface area contributed by atoms with Gasteiger partial charge in [-0.1, -0.05) is 18.7 Å². The summed E-state index contributed by atoms with van der Waals surface area (Å²) >= 11 is 0. The van der Waals surface area contributed by atoms with Gasteiger partial charge in [0, 0.05) is 42.5 Å². The molecule has 2 unspecified atom stereocenters. The van der Waals surface area contributed by atoms with E-state index in [0.717, 1.165) is 86.9 Å². The number of carbonyl (C=O) groups is 2. The standard InChI is InChI=1S/C29H35N3O4/c1-21-5-10-26(28(35)30-21)22-6-8-25(9-7-22)36-16-4-2-3-14-31-15-11-23(17-27(31)34)24-18-29(12-13-29)32(19-24)20-33/h6-9,11,15,17,20,24,26H,1-5,10,12-14,16,18-19H2,(H,30,35). The second-order valence-corrected chi connectivity index (χ2v) is 10.5. The molecule has 2 atom stereocenters. The van der Waals surface area contributed by atoms with Crippen molar-refractivity contribution in [3.05, 3.63) is 76.4 Å². The van der Waals surface area contributed by atoms with Crippen molar-refractivity contribution in [3.8, 4) is 5.75 Å². The number of pyridine rings is 1.